The Morgan fingerprint density at radius 2 is 1.46 bits per heavy atom. The molecule has 1 atom stereocenters. The molecule has 0 fully saturated rings. The van der Waals surface area contributed by atoms with Gasteiger partial charge in [-0.2, -0.15) is 0 Å². The summed E-state index contributed by atoms with van der Waals surface area (Å²) in [6.45, 7) is 11.0. The van der Waals surface area contributed by atoms with Crippen molar-refractivity contribution >= 4 is 17.9 Å². The second-order valence-corrected chi connectivity index (χ2v) is 15.1. The van der Waals surface area contributed by atoms with Crippen molar-refractivity contribution in [3.63, 3.8) is 0 Å². The molecule has 0 saturated carbocycles. The number of hydrogen-bond donors (Lipinski definition) is 0. The smallest absolute Gasteiger partial charge is 0.185 e. The minimum absolute atomic E-state index is 0.375. The van der Waals surface area contributed by atoms with E-state index in [-0.39, 0.29) is 0 Å². The van der Waals surface area contributed by atoms with Crippen LogP contribution >= 0.6 is 0 Å². The van der Waals surface area contributed by atoms with Gasteiger partial charge in [0.2, 0.25) is 0 Å². The minimum Gasteiger partial charge on any atom is -0.223 e. The van der Waals surface area contributed by atoms with Gasteiger partial charge < -0.3 is 0 Å². The van der Waals surface area contributed by atoms with E-state index < -0.39 is 23.2 Å². The fourth-order valence-corrected chi connectivity index (χ4v) is 6.41. The normalized spacial score (nSPS) is 13.5. The molecule has 0 aliphatic rings. The van der Waals surface area contributed by atoms with E-state index >= 15 is 0 Å². The van der Waals surface area contributed by atoms with Crippen LogP contribution in [-0.4, -0.2) is 16.5 Å². The Kier molecular flexibility index (Phi) is 5.83. The summed E-state index contributed by atoms with van der Waals surface area (Å²) >= 11 is 0. The molecule has 0 radical (unpaired) electrons. The molecule has 24 heavy (non-hydrogen) atoms. The molecule has 0 N–H and O–H groups in total. The number of benzene rings is 2. The average molecular weight is 359 g/mol. The van der Waals surface area contributed by atoms with Crippen molar-refractivity contribution in [3.05, 3.63) is 78.4 Å². The van der Waals surface area contributed by atoms with E-state index in [1.54, 1.807) is 24.3 Å². The predicted molar refractivity (Wildman–Crippen MR) is 105 cm³/mol. The molecule has 2 aromatic rings. The Labute approximate surface area is 147 Å². The van der Waals surface area contributed by atoms with Crippen LogP contribution in [0.4, 0.5) is 0 Å². The van der Waals surface area contributed by atoms with Crippen molar-refractivity contribution in [1.29, 1.82) is 0 Å². The molecule has 0 spiro atoms. The maximum Gasteiger partial charge on any atom is 0.185 e. The lowest BCUT2D eigenvalue weighted by Crippen LogP contribution is -2.21. The lowest BCUT2D eigenvalue weighted by Gasteiger charge is -2.23. The number of hydrogen-bond acceptors (Lipinski definition) is 2. The zero-order valence-corrected chi connectivity index (χ0v) is 16.5. The SMILES string of the molecule is C=C(CC(c1ccccc1)S(=O)(=O)c1ccccc1)C[Si](C)(C)C. The first kappa shape index (κ1) is 18.7. The Balaban J connectivity index is 2.39. The van der Waals surface area contributed by atoms with Gasteiger partial charge in [0, 0.05) is 8.07 Å². The molecule has 0 amide bonds. The lowest BCUT2D eigenvalue weighted by molar-refractivity contribution is 0.580. The summed E-state index contributed by atoms with van der Waals surface area (Å²) in [7, 11) is -4.77. The first-order valence-electron chi connectivity index (χ1n) is 8.21. The van der Waals surface area contributed by atoms with Crippen molar-refractivity contribution in [2.75, 3.05) is 0 Å². The fourth-order valence-electron chi connectivity index (χ4n) is 2.93. The molecule has 0 aliphatic carbocycles. The van der Waals surface area contributed by atoms with Crippen LogP contribution in [0, 0.1) is 0 Å². The summed E-state index contributed by atoms with van der Waals surface area (Å²) in [5, 5.41) is -0.579. The van der Waals surface area contributed by atoms with Crippen molar-refractivity contribution in [2.24, 2.45) is 0 Å². The minimum atomic E-state index is -3.45. The zero-order chi connectivity index (χ0) is 17.8. The average Bonchev–Trinajstić information content (AvgIpc) is 2.52. The molecule has 2 rings (SSSR count). The molecule has 4 heteroatoms. The highest BCUT2D eigenvalue weighted by Crippen LogP contribution is 2.35. The Morgan fingerprint density at radius 1 is 0.958 bits per heavy atom. The van der Waals surface area contributed by atoms with Crippen LogP contribution in [0.1, 0.15) is 17.2 Å². The van der Waals surface area contributed by atoms with Gasteiger partial charge in [0.25, 0.3) is 0 Å². The first-order valence-corrected chi connectivity index (χ1v) is 13.5. The van der Waals surface area contributed by atoms with Gasteiger partial charge in [0.15, 0.2) is 9.84 Å². The van der Waals surface area contributed by atoms with Gasteiger partial charge in [-0.25, -0.2) is 8.42 Å². The first-order chi connectivity index (χ1) is 11.2. The van der Waals surface area contributed by atoms with Gasteiger partial charge >= 0.3 is 0 Å². The van der Waals surface area contributed by atoms with E-state index in [0.29, 0.717) is 11.3 Å². The third-order valence-electron chi connectivity index (χ3n) is 3.87. The maximum absolute atomic E-state index is 13.2. The van der Waals surface area contributed by atoms with Crippen LogP contribution in [0.2, 0.25) is 25.7 Å². The van der Waals surface area contributed by atoms with Gasteiger partial charge in [-0.15, -0.1) is 6.58 Å². The second-order valence-electron chi connectivity index (χ2n) is 7.45. The van der Waals surface area contributed by atoms with Crippen LogP contribution < -0.4 is 0 Å². The molecular weight excluding hydrogens is 332 g/mol. The van der Waals surface area contributed by atoms with Crippen LogP contribution in [0.5, 0.6) is 0 Å². The third kappa shape index (κ3) is 4.92. The van der Waals surface area contributed by atoms with E-state index in [2.05, 4.69) is 26.2 Å². The molecular formula is C20H26O2SSi. The topological polar surface area (TPSA) is 34.1 Å². The summed E-state index contributed by atoms with van der Waals surface area (Å²) in [5.41, 5.74) is 1.86. The standard InChI is InChI=1S/C20H26O2SSi/c1-17(16-24(2,3)4)15-20(18-11-7-5-8-12-18)23(21,22)19-13-9-6-10-14-19/h5-14,20H,1,15-16H2,2-4H3. The predicted octanol–water partition coefficient (Wildman–Crippen LogP) is 5.49. The molecule has 0 saturated heterocycles. The van der Waals surface area contributed by atoms with Crippen LogP contribution in [0.15, 0.2) is 77.7 Å². The molecule has 0 bridgehead atoms. The number of rotatable bonds is 7. The van der Waals surface area contributed by atoms with Crippen LogP contribution in [0.25, 0.3) is 0 Å². The Bertz CT molecular complexity index is 775. The van der Waals surface area contributed by atoms with E-state index in [1.807, 2.05) is 36.4 Å². The largest absolute Gasteiger partial charge is 0.223 e. The highest BCUT2D eigenvalue weighted by atomic mass is 32.2. The second kappa shape index (κ2) is 7.49. The zero-order valence-electron chi connectivity index (χ0n) is 14.7. The van der Waals surface area contributed by atoms with Gasteiger partial charge in [0.1, 0.15) is 0 Å². The number of allylic oxidation sites excluding steroid dienone is 1. The molecule has 128 valence electrons. The van der Waals surface area contributed by atoms with Crippen molar-refractivity contribution in [1.82, 2.24) is 0 Å². The molecule has 1 unspecified atom stereocenters. The molecule has 2 nitrogen and oxygen atoms in total. The highest BCUT2D eigenvalue weighted by molar-refractivity contribution is 7.91. The van der Waals surface area contributed by atoms with Gasteiger partial charge in [-0.05, 0) is 30.2 Å². The molecule has 0 aliphatic heterocycles. The van der Waals surface area contributed by atoms with Crippen molar-refractivity contribution in [2.45, 2.75) is 42.3 Å². The van der Waals surface area contributed by atoms with E-state index in [4.69, 9.17) is 0 Å². The van der Waals surface area contributed by atoms with Gasteiger partial charge in [-0.3, -0.25) is 0 Å². The molecule has 0 heterocycles. The summed E-state index contributed by atoms with van der Waals surface area (Å²) in [6.07, 6.45) is 0.478. The summed E-state index contributed by atoms with van der Waals surface area (Å²) in [6, 6.07) is 19.2. The maximum atomic E-state index is 13.2. The molecule has 2 aromatic carbocycles. The van der Waals surface area contributed by atoms with Crippen molar-refractivity contribution in [3.8, 4) is 0 Å². The van der Waals surface area contributed by atoms with Crippen molar-refractivity contribution < 1.29 is 8.42 Å². The van der Waals surface area contributed by atoms with E-state index in [1.165, 1.54) is 0 Å². The summed E-state index contributed by atoms with van der Waals surface area (Å²) < 4.78 is 26.4. The third-order valence-corrected chi connectivity index (χ3v) is 7.55. The van der Waals surface area contributed by atoms with E-state index in [0.717, 1.165) is 17.2 Å². The highest BCUT2D eigenvalue weighted by Gasteiger charge is 2.30. The monoisotopic (exact) mass is 358 g/mol. The van der Waals surface area contributed by atoms with E-state index in [9.17, 15) is 8.42 Å². The molecule has 0 aromatic heterocycles. The summed E-state index contributed by atoms with van der Waals surface area (Å²) in [5.74, 6) is 0. The Morgan fingerprint density at radius 3 is 1.96 bits per heavy atom. The van der Waals surface area contributed by atoms with Gasteiger partial charge in [-0.1, -0.05) is 73.7 Å². The van der Waals surface area contributed by atoms with Gasteiger partial charge in [0.05, 0.1) is 10.1 Å². The lowest BCUT2D eigenvalue weighted by atomic mass is 10.1. The fraction of sp³-hybridized carbons (Fsp3) is 0.300. The number of sulfone groups is 1. The summed E-state index contributed by atoms with van der Waals surface area (Å²) in [4.78, 5) is 0.375. The van der Waals surface area contributed by atoms with Crippen LogP contribution in [0.3, 0.4) is 0 Å². The van der Waals surface area contributed by atoms with Crippen LogP contribution in [-0.2, 0) is 9.84 Å². The quantitative estimate of drug-likeness (QED) is 0.485. The Hall–Kier alpha value is -1.65.